The molecule has 1 amide bonds. The summed E-state index contributed by atoms with van der Waals surface area (Å²) >= 11 is 1.59. The van der Waals surface area contributed by atoms with E-state index in [1.807, 2.05) is 19.2 Å². The summed E-state index contributed by atoms with van der Waals surface area (Å²) in [5, 5.41) is 5.96. The van der Waals surface area contributed by atoms with E-state index in [0.29, 0.717) is 17.9 Å². The molecule has 2 rings (SSSR count). The minimum Gasteiger partial charge on any atom is -0.373 e. The Balaban J connectivity index is 2.15. The zero-order chi connectivity index (χ0) is 14.7. The number of nitrogens with one attached hydrogen (secondary N) is 1. The van der Waals surface area contributed by atoms with Crippen LogP contribution in [0.15, 0.2) is 17.5 Å². The number of carbonyl (C=O) groups excluding carboxylic acids is 1. The van der Waals surface area contributed by atoms with Gasteiger partial charge < -0.3 is 10.2 Å². The van der Waals surface area contributed by atoms with Crippen molar-refractivity contribution in [2.75, 3.05) is 19.4 Å². The van der Waals surface area contributed by atoms with Gasteiger partial charge in [-0.15, -0.1) is 11.3 Å². The third kappa shape index (κ3) is 3.33. The van der Waals surface area contributed by atoms with Gasteiger partial charge in [-0.3, -0.25) is 4.79 Å². The summed E-state index contributed by atoms with van der Waals surface area (Å²) in [6.07, 6.45) is 0. The highest BCUT2D eigenvalue weighted by Gasteiger charge is 2.14. The third-order valence-electron chi connectivity index (χ3n) is 2.87. The fourth-order valence-electron chi connectivity index (χ4n) is 1.94. The van der Waals surface area contributed by atoms with E-state index < -0.39 is 0 Å². The van der Waals surface area contributed by atoms with Gasteiger partial charge in [-0.05, 0) is 26.0 Å². The van der Waals surface area contributed by atoms with Crippen LogP contribution in [-0.2, 0) is 6.54 Å². The van der Waals surface area contributed by atoms with Crippen molar-refractivity contribution in [2.24, 2.45) is 0 Å². The number of rotatable bonds is 4. The quantitative estimate of drug-likeness (QED) is 0.939. The van der Waals surface area contributed by atoms with Gasteiger partial charge in [-0.1, -0.05) is 0 Å². The number of carbonyl (C=O) groups is 1. The normalized spacial score (nSPS) is 10.4. The molecular formula is C14H18N4OS. The summed E-state index contributed by atoms with van der Waals surface area (Å²) in [7, 11) is 3.57. The summed E-state index contributed by atoms with van der Waals surface area (Å²) in [6.45, 7) is 4.35. The van der Waals surface area contributed by atoms with Crippen LogP contribution in [0.1, 0.15) is 26.8 Å². The average Bonchev–Trinajstić information content (AvgIpc) is 2.82. The first kappa shape index (κ1) is 14.5. The van der Waals surface area contributed by atoms with Gasteiger partial charge in [-0.2, -0.15) is 0 Å². The van der Waals surface area contributed by atoms with Gasteiger partial charge in [-0.25, -0.2) is 9.97 Å². The van der Waals surface area contributed by atoms with Crippen LogP contribution in [0.4, 0.5) is 5.82 Å². The predicted molar refractivity (Wildman–Crippen MR) is 81.2 cm³/mol. The van der Waals surface area contributed by atoms with Crippen LogP contribution < -0.4 is 5.32 Å². The topological polar surface area (TPSA) is 58.1 Å². The van der Waals surface area contributed by atoms with Gasteiger partial charge in [0.25, 0.3) is 5.91 Å². The molecule has 0 aliphatic carbocycles. The molecule has 2 aromatic heterocycles. The Labute approximate surface area is 122 Å². The van der Waals surface area contributed by atoms with E-state index in [1.165, 1.54) is 0 Å². The lowest BCUT2D eigenvalue weighted by Crippen LogP contribution is -2.26. The molecule has 20 heavy (non-hydrogen) atoms. The van der Waals surface area contributed by atoms with E-state index in [4.69, 9.17) is 0 Å². The zero-order valence-corrected chi connectivity index (χ0v) is 12.9. The van der Waals surface area contributed by atoms with Crippen LogP contribution in [0.25, 0.3) is 0 Å². The number of pyridine rings is 1. The monoisotopic (exact) mass is 290 g/mol. The Morgan fingerprint density at radius 1 is 1.35 bits per heavy atom. The van der Waals surface area contributed by atoms with Crippen molar-refractivity contribution in [1.82, 2.24) is 14.9 Å². The second-order valence-corrected chi connectivity index (χ2v) is 5.71. The average molecular weight is 290 g/mol. The number of amides is 1. The van der Waals surface area contributed by atoms with Crippen molar-refractivity contribution in [3.63, 3.8) is 0 Å². The van der Waals surface area contributed by atoms with Gasteiger partial charge in [0, 0.05) is 30.7 Å². The fraction of sp³-hybridized carbons (Fsp3) is 0.357. The highest BCUT2D eigenvalue weighted by atomic mass is 32.1. The van der Waals surface area contributed by atoms with Gasteiger partial charge >= 0.3 is 0 Å². The largest absolute Gasteiger partial charge is 0.373 e. The number of hydrogen-bond donors (Lipinski definition) is 1. The SMILES string of the molecule is CNc1cc(C(=O)N(C)Cc2csc(C)n2)cc(C)n1. The Bertz CT molecular complexity index is 623. The van der Waals surface area contributed by atoms with E-state index in [0.717, 1.165) is 16.4 Å². The Morgan fingerprint density at radius 2 is 2.10 bits per heavy atom. The van der Waals surface area contributed by atoms with Crippen LogP contribution in [0.3, 0.4) is 0 Å². The van der Waals surface area contributed by atoms with Gasteiger partial charge in [0.2, 0.25) is 0 Å². The molecule has 5 nitrogen and oxygen atoms in total. The summed E-state index contributed by atoms with van der Waals surface area (Å²) in [4.78, 5) is 22.8. The molecule has 0 spiro atoms. The molecule has 0 aliphatic heterocycles. The first-order chi connectivity index (χ1) is 9.49. The predicted octanol–water partition coefficient (Wildman–Crippen LogP) is 2.47. The van der Waals surface area contributed by atoms with Crippen LogP contribution in [0.2, 0.25) is 0 Å². The van der Waals surface area contributed by atoms with Crippen molar-refractivity contribution in [1.29, 1.82) is 0 Å². The first-order valence-corrected chi connectivity index (χ1v) is 7.20. The van der Waals surface area contributed by atoms with Gasteiger partial charge in [0.15, 0.2) is 0 Å². The van der Waals surface area contributed by atoms with E-state index in [2.05, 4.69) is 15.3 Å². The van der Waals surface area contributed by atoms with E-state index in [1.54, 1.807) is 42.5 Å². The smallest absolute Gasteiger partial charge is 0.254 e. The number of hydrogen-bond acceptors (Lipinski definition) is 5. The maximum absolute atomic E-state index is 12.4. The minimum absolute atomic E-state index is 0.0300. The molecule has 2 heterocycles. The Morgan fingerprint density at radius 3 is 2.70 bits per heavy atom. The van der Waals surface area contributed by atoms with E-state index in [-0.39, 0.29) is 5.91 Å². The number of thiazole rings is 1. The molecular weight excluding hydrogens is 272 g/mol. The molecule has 1 N–H and O–H groups in total. The molecule has 0 unspecified atom stereocenters. The van der Waals surface area contributed by atoms with Crippen molar-refractivity contribution in [3.05, 3.63) is 39.5 Å². The maximum atomic E-state index is 12.4. The lowest BCUT2D eigenvalue weighted by Gasteiger charge is -2.16. The zero-order valence-electron chi connectivity index (χ0n) is 12.1. The molecule has 2 aromatic rings. The number of nitrogens with zero attached hydrogens (tertiary/aromatic N) is 3. The molecule has 6 heteroatoms. The minimum atomic E-state index is -0.0300. The number of anilines is 1. The van der Waals surface area contributed by atoms with Gasteiger partial charge in [0.05, 0.1) is 17.2 Å². The maximum Gasteiger partial charge on any atom is 0.254 e. The number of aryl methyl sites for hydroxylation is 2. The van der Waals surface area contributed by atoms with Crippen molar-refractivity contribution in [2.45, 2.75) is 20.4 Å². The van der Waals surface area contributed by atoms with Gasteiger partial charge in [0.1, 0.15) is 5.82 Å². The summed E-state index contributed by atoms with van der Waals surface area (Å²) in [6, 6.07) is 3.56. The lowest BCUT2D eigenvalue weighted by molar-refractivity contribution is 0.0783. The first-order valence-electron chi connectivity index (χ1n) is 6.32. The second-order valence-electron chi connectivity index (χ2n) is 4.65. The molecule has 0 aromatic carbocycles. The van der Waals surface area contributed by atoms with E-state index >= 15 is 0 Å². The molecule has 0 atom stereocenters. The summed E-state index contributed by atoms with van der Waals surface area (Å²) in [5.41, 5.74) is 2.37. The van der Waals surface area contributed by atoms with Crippen LogP contribution in [0, 0.1) is 13.8 Å². The molecule has 0 saturated carbocycles. The molecule has 0 saturated heterocycles. The highest BCUT2D eigenvalue weighted by Crippen LogP contribution is 2.14. The lowest BCUT2D eigenvalue weighted by atomic mass is 10.2. The molecule has 0 radical (unpaired) electrons. The van der Waals surface area contributed by atoms with Crippen LogP contribution in [-0.4, -0.2) is 34.9 Å². The summed E-state index contributed by atoms with van der Waals surface area (Å²) in [5.74, 6) is 0.670. The van der Waals surface area contributed by atoms with E-state index in [9.17, 15) is 4.79 Å². The standard InChI is InChI=1S/C14H18N4OS/c1-9-5-11(6-13(15-3)16-9)14(19)18(4)7-12-8-20-10(2)17-12/h5-6,8H,7H2,1-4H3,(H,15,16). The highest BCUT2D eigenvalue weighted by molar-refractivity contribution is 7.09. The molecule has 106 valence electrons. The Kier molecular flexibility index (Phi) is 4.34. The molecule has 0 bridgehead atoms. The second kappa shape index (κ2) is 6.00. The van der Waals surface area contributed by atoms with Crippen molar-refractivity contribution < 1.29 is 4.79 Å². The Hall–Kier alpha value is -1.95. The fourth-order valence-corrected chi connectivity index (χ4v) is 2.54. The van der Waals surface area contributed by atoms with Crippen molar-refractivity contribution in [3.8, 4) is 0 Å². The summed E-state index contributed by atoms with van der Waals surface area (Å²) < 4.78 is 0. The van der Waals surface area contributed by atoms with Crippen LogP contribution in [0.5, 0.6) is 0 Å². The third-order valence-corrected chi connectivity index (χ3v) is 3.69. The van der Waals surface area contributed by atoms with Crippen LogP contribution >= 0.6 is 11.3 Å². The molecule has 0 fully saturated rings. The van der Waals surface area contributed by atoms with Crippen molar-refractivity contribution >= 4 is 23.1 Å². The number of aromatic nitrogens is 2. The molecule has 0 aliphatic rings.